The minimum Gasteiger partial charge on any atom is -0.385 e. The van der Waals surface area contributed by atoms with Crippen LogP contribution in [0.25, 0.3) is 0 Å². The van der Waals surface area contributed by atoms with E-state index in [1.165, 1.54) is 6.34 Å². The van der Waals surface area contributed by atoms with Gasteiger partial charge in [0.05, 0.1) is 12.4 Å². The standard InChI is InChI=1S/C13H16N5O4P/c1-2-13(22-8-23(19,20)21)4-3-9(5-13)18-7-17-10-11(14)15-6-16-12(10)18/h1,3-4,6-7,9-10,12H,5,8H2,(H2,14,15,16)(H2,19,20,21)/t9-,10?,12?,13+/m0/s1. The summed E-state index contributed by atoms with van der Waals surface area (Å²) in [5.74, 6) is 2.87. The van der Waals surface area contributed by atoms with Crippen molar-refractivity contribution in [3.05, 3.63) is 12.2 Å². The summed E-state index contributed by atoms with van der Waals surface area (Å²) in [5, 5.41) is 0. The lowest BCUT2D eigenvalue weighted by molar-refractivity contribution is 0.0462. The fourth-order valence-electron chi connectivity index (χ4n) is 2.74. The highest BCUT2D eigenvalue weighted by Gasteiger charge is 2.43. The number of aliphatic imine (C=N–C) groups is 3. The molecule has 4 atom stereocenters. The fourth-order valence-corrected chi connectivity index (χ4v) is 3.14. The third-order valence-electron chi connectivity index (χ3n) is 3.90. The number of rotatable bonds is 4. The Balaban J connectivity index is 1.71. The van der Waals surface area contributed by atoms with E-state index >= 15 is 0 Å². The maximum atomic E-state index is 11.0. The van der Waals surface area contributed by atoms with Gasteiger partial charge in [-0.1, -0.05) is 12.0 Å². The summed E-state index contributed by atoms with van der Waals surface area (Å²) in [4.78, 5) is 32.3. The van der Waals surface area contributed by atoms with E-state index in [0.717, 1.165) is 0 Å². The lowest BCUT2D eigenvalue weighted by Gasteiger charge is -2.32. The summed E-state index contributed by atoms with van der Waals surface area (Å²) >= 11 is 0. The molecule has 0 aromatic heterocycles. The summed E-state index contributed by atoms with van der Waals surface area (Å²) < 4.78 is 16.3. The number of terminal acetylenes is 1. The number of ether oxygens (including phenoxy) is 1. The quantitative estimate of drug-likeness (QED) is 0.352. The first-order valence-corrected chi connectivity index (χ1v) is 8.64. The van der Waals surface area contributed by atoms with E-state index in [2.05, 4.69) is 20.9 Å². The van der Waals surface area contributed by atoms with Gasteiger partial charge in [0.25, 0.3) is 0 Å². The van der Waals surface area contributed by atoms with Crippen molar-refractivity contribution in [1.82, 2.24) is 4.90 Å². The number of nitrogens with two attached hydrogens (primary N) is 1. The van der Waals surface area contributed by atoms with Crippen molar-refractivity contribution in [2.24, 2.45) is 20.7 Å². The van der Waals surface area contributed by atoms with Crippen LogP contribution in [0.15, 0.2) is 27.1 Å². The molecule has 3 rings (SSSR count). The van der Waals surface area contributed by atoms with Gasteiger partial charge >= 0.3 is 7.60 Å². The molecule has 4 N–H and O–H groups in total. The monoisotopic (exact) mass is 337 g/mol. The van der Waals surface area contributed by atoms with Crippen molar-refractivity contribution in [1.29, 1.82) is 0 Å². The second kappa shape index (κ2) is 5.58. The molecule has 0 aromatic carbocycles. The van der Waals surface area contributed by atoms with Crippen LogP contribution in [0.3, 0.4) is 0 Å². The first-order chi connectivity index (χ1) is 10.8. The Hall–Kier alpha value is -1.98. The molecule has 0 radical (unpaired) electrons. The van der Waals surface area contributed by atoms with Crippen LogP contribution in [0.1, 0.15) is 6.42 Å². The Morgan fingerprint density at radius 2 is 2.35 bits per heavy atom. The zero-order chi connectivity index (χ0) is 16.7. The molecule has 2 heterocycles. The van der Waals surface area contributed by atoms with Gasteiger partial charge in [0.2, 0.25) is 0 Å². The average Bonchev–Trinajstić information content (AvgIpc) is 3.09. The summed E-state index contributed by atoms with van der Waals surface area (Å²) in [6.45, 7) is 0. The third kappa shape index (κ3) is 3.07. The second-order valence-corrected chi connectivity index (χ2v) is 7.08. The van der Waals surface area contributed by atoms with Crippen molar-refractivity contribution < 1.29 is 19.1 Å². The first kappa shape index (κ1) is 15.9. The maximum Gasteiger partial charge on any atom is 0.351 e. The average molecular weight is 337 g/mol. The van der Waals surface area contributed by atoms with Gasteiger partial charge in [-0.2, -0.15) is 0 Å². The molecule has 0 saturated heterocycles. The number of hydrogen-bond donors (Lipinski definition) is 3. The fraction of sp³-hybridized carbons (Fsp3) is 0.462. The van der Waals surface area contributed by atoms with Crippen LogP contribution in [0.5, 0.6) is 0 Å². The number of nitrogens with zero attached hydrogens (tertiary/aromatic N) is 4. The predicted molar refractivity (Wildman–Crippen MR) is 85.1 cm³/mol. The first-order valence-electron chi connectivity index (χ1n) is 6.85. The van der Waals surface area contributed by atoms with E-state index in [-0.39, 0.29) is 18.2 Å². The van der Waals surface area contributed by atoms with Crippen molar-refractivity contribution >= 4 is 26.1 Å². The summed E-state index contributed by atoms with van der Waals surface area (Å²) in [7, 11) is -4.30. The van der Waals surface area contributed by atoms with Crippen molar-refractivity contribution in [3.8, 4) is 12.3 Å². The molecule has 3 aliphatic rings. The maximum absolute atomic E-state index is 11.0. The van der Waals surface area contributed by atoms with Crippen LogP contribution in [0, 0.1) is 12.3 Å². The highest BCUT2D eigenvalue weighted by Crippen LogP contribution is 2.39. The van der Waals surface area contributed by atoms with Gasteiger partial charge in [0, 0.05) is 6.42 Å². The van der Waals surface area contributed by atoms with Gasteiger partial charge in [-0.3, -0.25) is 9.56 Å². The van der Waals surface area contributed by atoms with E-state index in [9.17, 15) is 4.57 Å². The minimum atomic E-state index is -4.30. The summed E-state index contributed by atoms with van der Waals surface area (Å²) in [5.41, 5.74) is 4.66. The van der Waals surface area contributed by atoms with Crippen LogP contribution in [0.2, 0.25) is 0 Å². The summed E-state index contributed by atoms with van der Waals surface area (Å²) in [6.07, 6.45) is 11.3. The second-order valence-electron chi connectivity index (χ2n) is 5.49. The Bertz CT molecular complexity index is 706. The molecule has 0 spiro atoms. The minimum absolute atomic E-state index is 0.162. The van der Waals surface area contributed by atoms with E-state index in [1.54, 1.807) is 12.4 Å². The van der Waals surface area contributed by atoms with Crippen LogP contribution >= 0.6 is 7.60 Å². The van der Waals surface area contributed by atoms with Crippen LogP contribution in [-0.2, 0) is 9.30 Å². The molecule has 2 unspecified atom stereocenters. The largest absolute Gasteiger partial charge is 0.385 e. The molecule has 0 aromatic rings. The molecule has 23 heavy (non-hydrogen) atoms. The molecule has 0 fully saturated rings. The molecule has 0 bridgehead atoms. The normalized spacial score (nSPS) is 35.3. The molecule has 9 nitrogen and oxygen atoms in total. The van der Waals surface area contributed by atoms with Crippen LogP contribution in [-0.4, -0.2) is 63.4 Å². The molecule has 0 amide bonds. The topological polar surface area (TPSA) is 133 Å². The SMILES string of the molecule is C#C[C@@]1(OCP(=O)(O)O)C=C[C@H](N2C=NC3C(N)=NC=NC32)C1. The lowest BCUT2D eigenvalue weighted by Crippen LogP contribution is -2.47. The number of hydrogen-bond acceptors (Lipinski definition) is 7. The molecule has 1 aliphatic carbocycles. The molecular weight excluding hydrogens is 321 g/mol. The van der Waals surface area contributed by atoms with Gasteiger partial charge in [0.1, 0.15) is 23.8 Å². The van der Waals surface area contributed by atoms with Gasteiger partial charge in [-0.05, 0) is 6.08 Å². The zero-order valence-electron chi connectivity index (χ0n) is 12.1. The van der Waals surface area contributed by atoms with Crippen LogP contribution in [0.4, 0.5) is 0 Å². The van der Waals surface area contributed by atoms with Crippen molar-refractivity contribution in [2.45, 2.75) is 30.3 Å². The van der Waals surface area contributed by atoms with E-state index in [4.69, 9.17) is 26.7 Å². The van der Waals surface area contributed by atoms with Gasteiger partial charge in [0.15, 0.2) is 12.5 Å². The Morgan fingerprint density at radius 3 is 3.04 bits per heavy atom. The zero-order valence-corrected chi connectivity index (χ0v) is 13.0. The van der Waals surface area contributed by atoms with Crippen molar-refractivity contribution in [3.63, 3.8) is 0 Å². The van der Waals surface area contributed by atoms with Gasteiger partial charge < -0.3 is 25.2 Å². The summed E-state index contributed by atoms with van der Waals surface area (Å²) in [6, 6.07) is -0.491. The third-order valence-corrected chi connectivity index (χ3v) is 4.36. The van der Waals surface area contributed by atoms with E-state index in [1.807, 2.05) is 11.0 Å². The molecule has 122 valence electrons. The van der Waals surface area contributed by atoms with Gasteiger partial charge in [-0.25, -0.2) is 9.98 Å². The van der Waals surface area contributed by atoms with Crippen molar-refractivity contribution in [2.75, 3.05) is 6.35 Å². The lowest BCUT2D eigenvalue weighted by atomic mass is 10.0. The molecular formula is C13H16N5O4P. The molecule has 0 saturated carbocycles. The molecule has 2 aliphatic heterocycles. The highest BCUT2D eigenvalue weighted by atomic mass is 31.2. The Labute approximate surface area is 132 Å². The number of amidine groups is 1. The van der Waals surface area contributed by atoms with E-state index < -0.39 is 19.5 Å². The number of fused-ring (bicyclic) bond motifs is 1. The smallest absolute Gasteiger partial charge is 0.351 e. The Kier molecular flexibility index (Phi) is 3.86. The van der Waals surface area contributed by atoms with Gasteiger partial charge in [-0.15, -0.1) is 6.42 Å². The highest BCUT2D eigenvalue weighted by molar-refractivity contribution is 7.51. The predicted octanol–water partition coefficient (Wildman–Crippen LogP) is -0.724. The Morgan fingerprint density at radius 1 is 1.57 bits per heavy atom. The molecule has 10 heteroatoms. The van der Waals surface area contributed by atoms with Crippen LogP contribution < -0.4 is 5.73 Å². The van der Waals surface area contributed by atoms with E-state index in [0.29, 0.717) is 12.3 Å².